The summed E-state index contributed by atoms with van der Waals surface area (Å²) in [6, 6.07) is 9.73. The molecule has 1 heterocycles. The number of aryl methyl sites for hydroxylation is 1. The van der Waals surface area contributed by atoms with E-state index in [2.05, 4.69) is 27.8 Å². The van der Waals surface area contributed by atoms with Crippen molar-refractivity contribution in [1.29, 1.82) is 0 Å². The van der Waals surface area contributed by atoms with E-state index < -0.39 is 0 Å². The molecule has 82 valence electrons. The first-order valence-electron chi connectivity index (χ1n) is 4.71. The second-order valence-corrected chi connectivity index (χ2v) is 5.59. The summed E-state index contributed by atoms with van der Waals surface area (Å²) in [5, 5.41) is 1.72. The predicted molar refractivity (Wildman–Crippen MR) is 72.2 cm³/mol. The van der Waals surface area contributed by atoms with Gasteiger partial charge >= 0.3 is 0 Å². The maximum atomic E-state index is 5.84. The quantitative estimate of drug-likeness (QED) is 0.777. The molecule has 1 aromatic carbocycles. The molecule has 0 spiro atoms. The lowest BCUT2D eigenvalue weighted by molar-refractivity contribution is 1.08. The van der Waals surface area contributed by atoms with Gasteiger partial charge in [0.25, 0.3) is 0 Å². The van der Waals surface area contributed by atoms with E-state index >= 15 is 0 Å². The molecule has 0 N–H and O–H groups in total. The molecule has 0 aliphatic rings. The summed E-state index contributed by atoms with van der Waals surface area (Å²) in [6.45, 7) is 2.05. The Morgan fingerprint density at radius 2 is 1.88 bits per heavy atom. The third-order valence-electron chi connectivity index (χ3n) is 2.08. The maximum Gasteiger partial charge on any atom is 0.115 e. The van der Waals surface area contributed by atoms with Gasteiger partial charge in [-0.2, -0.15) is 0 Å². The third kappa shape index (κ3) is 2.78. The number of rotatable bonds is 2. The van der Waals surface area contributed by atoms with Gasteiger partial charge in [0.2, 0.25) is 0 Å². The fraction of sp³-hybridized carbons (Fsp3) is 0.0833. The van der Waals surface area contributed by atoms with Crippen LogP contribution in [0.1, 0.15) is 5.56 Å². The van der Waals surface area contributed by atoms with Crippen LogP contribution in [0.25, 0.3) is 0 Å². The van der Waals surface area contributed by atoms with Crippen molar-refractivity contribution in [3.8, 4) is 0 Å². The Hall–Kier alpha value is -0.510. The number of aromatic nitrogens is 1. The Balaban J connectivity index is 2.27. The fourth-order valence-electron chi connectivity index (χ4n) is 1.20. The summed E-state index contributed by atoms with van der Waals surface area (Å²) < 4.78 is 1.05. The summed E-state index contributed by atoms with van der Waals surface area (Å²) in [4.78, 5) is 5.47. The predicted octanol–water partition coefficient (Wildman–Crippen LogP) is 4.96. The highest BCUT2D eigenvalue weighted by Crippen LogP contribution is 2.33. The number of halogens is 2. The smallest absolute Gasteiger partial charge is 0.115 e. The first-order chi connectivity index (χ1) is 7.66. The van der Waals surface area contributed by atoms with E-state index in [1.54, 1.807) is 11.8 Å². The molecule has 1 nitrogen and oxygen atoms in total. The monoisotopic (exact) mass is 313 g/mol. The van der Waals surface area contributed by atoms with Crippen molar-refractivity contribution < 1.29 is 0 Å². The van der Waals surface area contributed by atoms with Crippen LogP contribution in [0.3, 0.4) is 0 Å². The van der Waals surface area contributed by atoms with Crippen LogP contribution in [0.5, 0.6) is 0 Å². The van der Waals surface area contributed by atoms with E-state index in [4.69, 9.17) is 11.6 Å². The SMILES string of the molecule is Cc1ccnc(Sc2ccc(Cl)cc2)c1Br. The molecule has 0 saturated carbocycles. The minimum atomic E-state index is 0.751. The van der Waals surface area contributed by atoms with Crippen molar-refractivity contribution in [3.63, 3.8) is 0 Å². The molecule has 0 aliphatic heterocycles. The topological polar surface area (TPSA) is 12.9 Å². The summed E-state index contributed by atoms with van der Waals surface area (Å²) in [5.74, 6) is 0. The Bertz CT molecular complexity index is 499. The van der Waals surface area contributed by atoms with E-state index in [0.29, 0.717) is 0 Å². The zero-order valence-electron chi connectivity index (χ0n) is 8.58. The van der Waals surface area contributed by atoms with Gasteiger partial charge in [-0.3, -0.25) is 0 Å². The number of hydrogen-bond acceptors (Lipinski definition) is 2. The van der Waals surface area contributed by atoms with Crippen LogP contribution < -0.4 is 0 Å². The molecule has 2 aromatic rings. The summed E-state index contributed by atoms with van der Waals surface area (Å²) in [7, 11) is 0. The zero-order valence-corrected chi connectivity index (χ0v) is 11.7. The van der Waals surface area contributed by atoms with Gasteiger partial charge in [0.1, 0.15) is 5.03 Å². The van der Waals surface area contributed by atoms with E-state index in [1.165, 1.54) is 5.56 Å². The van der Waals surface area contributed by atoms with Gasteiger partial charge in [-0.05, 0) is 58.7 Å². The normalized spacial score (nSPS) is 10.4. The zero-order chi connectivity index (χ0) is 11.5. The lowest BCUT2D eigenvalue weighted by Gasteiger charge is -2.05. The standard InChI is InChI=1S/C12H9BrClNS/c1-8-6-7-15-12(11(8)13)16-10-4-2-9(14)3-5-10/h2-7H,1H3. The largest absolute Gasteiger partial charge is 0.248 e. The van der Waals surface area contributed by atoms with Crippen LogP contribution in [-0.4, -0.2) is 4.98 Å². The lowest BCUT2D eigenvalue weighted by atomic mass is 10.3. The highest BCUT2D eigenvalue weighted by molar-refractivity contribution is 9.10. The molecule has 0 amide bonds. The van der Waals surface area contributed by atoms with Gasteiger partial charge in [0.15, 0.2) is 0 Å². The van der Waals surface area contributed by atoms with Gasteiger partial charge < -0.3 is 0 Å². The molecular formula is C12H9BrClNS. The molecule has 0 atom stereocenters. The molecule has 0 fully saturated rings. The van der Waals surface area contributed by atoms with Gasteiger partial charge in [-0.1, -0.05) is 23.4 Å². The van der Waals surface area contributed by atoms with E-state index in [-0.39, 0.29) is 0 Å². The summed E-state index contributed by atoms with van der Waals surface area (Å²) in [5.41, 5.74) is 1.19. The summed E-state index contributed by atoms with van der Waals surface area (Å²) >= 11 is 11.0. The Labute approximate surface area is 112 Å². The highest BCUT2D eigenvalue weighted by atomic mass is 79.9. The number of benzene rings is 1. The lowest BCUT2D eigenvalue weighted by Crippen LogP contribution is -1.84. The molecule has 0 aliphatic carbocycles. The minimum Gasteiger partial charge on any atom is -0.248 e. The van der Waals surface area contributed by atoms with Crippen molar-refractivity contribution in [2.24, 2.45) is 0 Å². The summed E-state index contributed by atoms with van der Waals surface area (Å²) in [6.07, 6.45) is 1.82. The molecule has 0 bridgehead atoms. The van der Waals surface area contributed by atoms with Gasteiger partial charge in [-0.15, -0.1) is 0 Å². The van der Waals surface area contributed by atoms with Gasteiger partial charge in [0.05, 0.1) is 4.47 Å². The van der Waals surface area contributed by atoms with Crippen molar-refractivity contribution >= 4 is 39.3 Å². The molecular weight excluding hydrogens is 306 g/mol. The van der Waals surface area contributed by atoms with Crippen LogP contribution in [0.4, 0.5) is 0 Å². The first kappa shape index (κ1) is 12.0. The second-order valence-electron chi connectivity index (χ2n) is 3.30. The Kier molecular flexibility index (Phi) is 3.90. The fourth-order valence-corrected chi connectivity index (χ4v) is 2.66. The number of pyridine rings is 1. The molecule has 16 heavy (non-hydrogen) atoms. The van der Waals surface area contributed by atoms with E-state index in [1.807, 2.05) is 36.5 Å². The Morgan fingerprint density at radius 3 is 2.56 bits per heavy atom. The van der Waals surface area contributed by atoms with Crippen LogP contribution in [-0.2, 0) is 0 Å². The molecule has 0 radical (unpaired) electrons. The third-order valence-corrected chi connectivity index (χ3v) is 4.60. The van der Waals surface area contributed by atoms with Crippen molar-refractivity contribution in [2.45, 2.75) is 16.8 Å². The maximum absolute atomic E-state index is 5.84. The van der Waals surface area contributed by atoms with Crippen LogP contribution >= 0.6 is 39.3 Å². The first-order valence-corrected chi connectivity index (χ1v) is 6.70. The molecule has 0 saturated heterocycles. The molecule has 0 unspecified atom stereocenters. The second kappa shape index (κ2) is 5.21. The molecule has 2 rings (SSSR count). The Morgan fingerprint density at radius 1 is 1.19 bits per heavy atom. The minimum absolute atomic E-state index is 0.751. The average Bonchev–Trinajstić information content (AvgIpc) is 2.28. The van der Waals surface area contributed by atoms with Crippen LogP contribution in [0.15, 0.2) is 50.9 Å². The van der Waals surface area contributed by atoms with Gasteiger partial charge in [0, 0.05) is 16.1 Å². The van der Waals surface area contributed by atoms with Gasteiger partial charge in [-0.25, -0.2) is 4.98 Å². The molecule has 4 heteroatoms. The van der Waals surface area contributed by atoms with E-state index in [9.17, 15) is 0 Å². The van der Waals surface area contributed by atoms with Crippen molar-refractivity contribution in [2.75, 3.05) is 0 Å². The van der Waals surface area contributed by atoms with Crippen molar-refractivity contribution in [1.82, 2.24) is 4.98 Å². The van der Waals surface area contributed by atoms with E-state index in [0.717, 1.165) is 19.4 Å². The average molecular weight is 315 g/mol. The number of nitrogens with zero attached hydrogens (tertiary/aromatic N) is 1. The van der Waals surface area contributed by atoms with Crippen LogP contribution in [0.2, 0.25) is 5.02 Å². The highest BCUT2D eigenvalue weighted by Gasteiger charge is 2.05. The number of hydrogen-bond donors (Lipinski definition) is 0. The molecule has 1 aromatic heterocycles. The van der Waals surface area contributed by atoms with Crippen LogP contribution in [0, 0.1) is 6.92 Å². The van der Waals surface area contributed by atoms with Crippen molar-refractivity contribution in [3.05, 3.63) is 51.6 Å².